The molecule has 128 valence electrons. The van der Waals surface area contributed by atoms with Crippen LogP contribution in [0, 0.1) is 5.92 Å². The van der Waals surface area contributed by atoms with Crippen LogP contribution in [0.3, 0.4) is 0 Å². The van der Waals surface area contributed by atoms with Crippen LogP contribution in [0.1, 0.15) is 12.1 Å². The van der Waals surface area contributed by atoms with Gasteiger partial charge in [0.1, 0.15) is 6.61 Å². The van der Waals surface area contributed by atoms with Crippen molar-refractivity contribution < 1.29 is 14.3 Å². The number of ether oxygens (including phenoxy) is 2. The van der Waals surface area contributed by atoms with Gasteiger partial charge in [-0.3, -0.25) is 14.4 Å². The molecule has 3 rings (SSSR count). The zero-order chi connectivity index (χ0) is 16.2. The van der Waals surface area contributed by atoms with Crippen LogP contribution in [0.2, 0.25) is 0 Å². The minimum atomic E-state index is -0.000510. The Morgan fingerprint density at radius 2 is 2.35 bits per heavy atom. The molecule has 0 N–H and O–H groups in total. The Morgan fingerprint density at radius 1 is 1.48 bits per heavy atom. The summed E-state index contributed by atoms with van der Waals surface area (Å²) in [5, 5.41) is 4.43. The molecule has 1 aromatic rings. The molecule has 1 fully saturated rings. The van der Waals surface area contributed by atoms with E-state index in [-0.39, 0.29) is 12.5 Å². The van der Waals surface area contributed by atoms with Gasteiger partial charge in [-0.25, -0.2) is 0 Å². The van der Waals surface area contributed by atoms with Crippen molar-refractivity contribution in [2.75, 3.05) is 47.1 Å². The van der Waals surface area contributed by atoms with E-state index in [9.17, 15) is 4.79 Å². The van der Waals surface area contributed by atoms with Gasteiger partial charge in [0.15, 0.2) is 0 Å². The monoisotopic (exact) mass is 322 g/mol. The summed E-state index contributed by atoms with van der Waals surface area (Å²) in [6.45, 7) is 5.06. The quantitative estimate of drug-likeness (QED) is 0.775. The second kappa shape index (κ2) is 7.42. The van der Waals surface area contributed by atoms with E-state index in [0.717, 1.165) is 39.3 Å². The normalized spacial score (nSPS) is 25.1. The Balaban J connectivity index is 1.61. The molecule has 3 heterocycles. The second-order valence-electron chi connectivity index (χ2n) is 6.62. The van der Waals surface area contributed by atoms with Crippen molar-refractivity contribution in [3.8, 4) is 0 Å². The van der Waals surface area contributed by atoms with E-state index in [2.05, 4.69) is 20.7 Å². The first-order valence-corrected chi connectivity index (χ1v) is 8.24. The van der Waals surface area contributed by atoms with E-state index in [4.69, 9.17) is 9.47 Å². The summed E-state index contributed by atoms with van der Waals surface area (Å²) in [4.78, 5) is 15.7. The van der Waals surface area contributed by atoms with Gasteiger partial charge in [-0.2, -0.15) is 5.10 Å². The largest absolute Gasteiger partial charge is 0.380 e. The summed E-state index contributed by atoms with van der Waals surface area (Å²) in [7, 11) is 3.49. The molecule has 2 atom stereocenters. The molecule has 23 heavy (non-hydrogen) atoms. The third-order valence-corrected chi connectivity index (χ3v) is 4.59. The second-order valence-corrected chi connectivity index (χ2v) is 6.62. The molecule has 0 spiro atoms. The van der Waals surface area contributed by atoms with Crippen LogP contribution in [0.25, 0.3) is 0 Å². The van der Waals surface area contributed by atoms with Crippen molar-refractivity contribution in [1.82, 2.24) is 19.6 Å². The number of hydrogen-bond donors (Lipinski definition) is 0. The highest BCUT2D eigenvalue weighted by Gasteiger charge is 2.29. The highest BCUT2D eigenvalue weighted by atomic mass is 16.5. The number of rotatable bonds is 5. The smallest absolute Gasteiger partial charge is 0.248 e. The minimum absolute atomic E-state index is 0.000510. The van der Waals surface area contributed by atoms with Crippen molar-refractivity contribution in [1.29, 1.82) is 0 Å². The molecular weight excluding hydrogens is 296 g/mol. The maximum Gasteiger partial charge on any atom is 0.248 e. The molecule has 7 nitrogen and oxygen atoms in total. The number of fused-ring (bicyclic) bond motifs is 1. The molecule has 2 aliphatic heterocycles. The van der Waals surface area contributed by atoms with Gasteiger partial charge >= 0.3 is 0 Å². The van der Waals surface area contributed by atoms with E-state index in [0.29, 0.717) is 18.6 Å². The van der Waals surface area contributed by atoms with Gasteiger partial charge in [0.2, 0.25) is 5.91 Å². The molecule has 2 aliphatic rings. The first-order valence-electron chi connectivity index (χ1n) is 8.24. The molecule has 0 bridgehead atoms. The van der Waals surface area contributed by atoms with Gasteiger partial charge in [-0.05, 0) is 12.5 Å². The van der Waals surface area contributed by atoms with Crippen LogP contribution in [0.4, 0.5) is 0 Å². The summed E-state index contributed by atoms with van der Waals surface area (Å²) in [6.07, 6.45) is 2.94. The van der Waals surface area contributed by atoms with Crippen LogP contribution in [-0.4, -0.2) is 78.6 Å². The van der Waals surface area contributed by atoms with Crippen molar-refractivity contribution in [3.63, 3.8) is 0 Å². The van der Waals surface area contributed by atoms with E-state index in [1.807, 2.05) is 6.20 Å². The topological polar surface area (TPSA) is 59.8 Å². The Labute approximate surface area is 137 Å². The van der Waals surface area contributed by atoms with Crippen molar-refractivity contribution >= 4 is 5.91 Å². The Morgan fingerprint density at radius 3 is 3.09 bits per heavy atom. The molecule has 0 aromatic carbocycles. The lowest BCUT2D eigenvalue weighted by molar-refractivity contribution is -0.134. The average molecular weight is 322 g/mol. The fraction of sp³-hybridized carbons (Fsp3) is 0.750. The third kappa shape index (κ3) is 4.10. The van der Waals surface area contributed by atoms with Gasteiger partial charge in [-0.1, -0.05) is 0 Å². The van der Waals surface area contributed by atoms with Gasteiger partial charge in [0.05, 0.1) is 18.9 Å². The van der Waals surface area contributed by atoms with E-state index in [1.165, 1.54) is 5.69 Å². The fourth-order valence-electron chi connectivity index (χ4n) is 3.20. The molecule has 0 aliphatic carbocycles. The molecular formula is C16H26N4O3. The third-order valence-electron chi connectivity index (χ3n) is 4.59. The van der Waals surface area contributed by atoms with E-state index < -0.39 is 0 Å². The summed E-state index contributed by atoms with van der Waals surface area (Å²) in [5.74, 6) is 0.325. The van der Waals surface area contributed by atoms with Crippen LogP contribution in [-0.2, 0) is 27.4 Å². The lowest BCUT2D eigenvalue weighted by Crippen LogP contribution is -2.39. The average Bonchev–Trinajstić information content (AvgIpc) is 3.16. The number of carbonyl (C=O) groups is 1. The Hall–Kier alpha value is -1.44. The zero-order valence-corrected chi connectivity index (χ0v) is 14.0. The van der Waals surface area contributed by atoms with Gasteiger partial charge in [0, 0.05) is 58.5 Å². The SMILES string of the molecule is CN(C)C(=O)COC[C@H]1CN([C@H]2CCOC2)Cc2ccnn2C1. The Kier molecular flexibility index (Phi) is 5.30. The number of carbonyl (C=O) groups excluding carboxylic acids is 1. The number of aromatic nitrogens is 2. The highest BCUT2D eigenvalue weighted by molar-refractivity contribution is 5.76. The first kappa shape index (κ1) is 16.4. The van der Waals surface area contributed by atoms with Crippen molar-refractivity contribution in [2.45, 2.75) is 25.6 Å². The lowest BCUT2D eigenvalue weighted by atomic mass is 10.1. The fourth-order valence-corrected chi connectivity index (χ4v) is 3.20. The molecule has 1 amide bonds. The maximum absolute atomic E-state index is 11.6. The minimum Gasteiger partial charge on any atom is -0.380 e. The number of likely N-dealkylation sites (N-methyl/N-ethyl adjacent to an activating group) is 1. The van der Waals surface area contributed by atoms with Crippen molar-refractivity contribution in [3.05, 3.63) is 18.0 Å². The maximum atomic E-state index is 11.6. The zero-order valence-electron chi connectivity index (χ0n) is 14.0. The summed E-state index contributed by atoms with van der Waals surface area (Å²) in [5.41, 5.74) is 1.24. The number of amides is 1. The standard InChI is InChI=1S/C16H26N4O3/c1-18(2)16(21)12-23-10-13-7-19(15-4-6-22-11-15)9-14-3-5-17-20(14)8-13/h3,5,13,15H,4,6-12H2,1-2H3/t13-,15-/m0/s1. The van der Waals surface area contributed by atoms with Crippen molar-refractivity contribution in [2.24, 2.45) is 5.92 Å². The molecule has 1 aromatic heterocycles. The predicted octanol–water partition coefficient (Wildman–Crippen LogP) is 0.209. The van der Waals surface area contributed by atoms with E-state index in [1.54, 1.807) is 19.0 Å². The molecule has 7 heteroatoms. The molecule has 1 saturated heterocycles. The Bertz CT molecular complexity index is 525. The van der Waals surface area contributed by atoms with Gasteiger partial charge in [-0.15, -0.1) is 0 Å². The van der Waals surface area contributed by atoms with Gasteiger partial charge < -0.3 is 14.4 Å². The van der Waals surface area contributed by atoms with Gasteiger partial charge in [0.25, 0.3) is 0 Å². The van der Waals surface area contributed by atoms with Crippen LogP contribution >= 0.6 is 0 Å². The van der Waals surface area contributed by atoms with Crippen LogP contribution in [0.15, 0.2) is 12.3 Å². The highest BCUT2D eigenvalue weighted by Crippen LogP contribution is 2.22. The first-order chi connectivity index (χ1) is 11.1. The summed E-state index contributed by atoms with van der Waals surface area (Å²) >= 11 is 0. The predicted molar refractivity (Wildman–Crippen MR) is 84.9 cm³/mol. The summed E-state index contributed by atoms with van der Waals surface area (Å²) < 4.78 is 13.3. The van der Waals surface area contributed by atoms with Crippen LogP contribution < -0.4 is 0 Å². The number of nitrogens with zero attached hydrogens (tertiary/aromatic N) is 4. The van der Waals surface area contributed by atoms with E-state index >= 15 is 0 Å². The summed E-state index contributed by atoms with van der Waals surface area (Å²) in [6, 6.07) is 2.56. The van der Waals surface area contributed by atoms with Crippen LogP contribution in [0.5, 0.6) is 0 Å². The molecule has 0 radical (unpaired) electrons. The lowest BCUT2D eigenvalue weighted by Gasteiger charge is -2.28. The molecule has 0 unspecified atom stereocenters. The number of hydrogen-bond acceptors (Lipinski definition) is 5. The molecule has 0 saturated carbocycles.